The van der Waals surface area contributed by atoms with Gasteiger partial charge in [0.1, 0.15) is 0 Å². The van der Waals surface area contributed by atoms with E-state index >= 15 is 0 Å². The van der Waals surface area contributed by atoms with Crippen molar-refractivity contribution in [3.8, 4) is 0 Å². The second-order valence-corrected chi connectivity index (χ2v) is 5.06. The lowest BCUT2D eigenvalue weighted by atomic mass is 10.1. The first-order valence-corrected chi connectivity index (χ1v) is 6.17. The average Bonchev–Trinajstić information content (AvgIpc) is 2.66. The molecule has 2 rings (SSSR count). The fourth-order valence-corrected chi connectivity index (χ4v) is 2.38. The third-order valence-corrected chi connectivity index (χ3v) is 3.36. The number of hydrogen-bond donors (Lipinski definition) is 1. The lowest BCUT2D eigenvalue weighted by Gasteiger charge is -2.20. The van der Waals surface area contributed by atoms with Crippen molar-refractivity contribution in [3.05, 3.63) is 39.5 Å². The molecule has 0 spiro atoms. The molecule has 92 valence electrons. The maximum atomic E-state index is 13.8. The standard InChI is InChI=1S/C11H10BrClF2N2/c1-6(13)16-5-17-3-2-7-4-8(12)9(14)10(15)11(7)17/h4,16H,1-3,5H2. The van der Waals surface area contributed by atoms with Gasteiger partial charge in [-0.05, 0) is 34.0 Å². The molecule has 0 aromatic heterocycles. The number of nitrogens with zero attached hydrogens (tertiary/aromatic N) is 1. The summed E-state index contributed by atoms with van der Waals surface area (Å²) < 4.78 is 27.4. The smallest absolute Gasteiger partial charge is 0.183 e. The quantitative estimate of drug-likeness (QED) is 0.678. The maximum absolute atomic E-state index is 13.8. The van der Waals surface area contributed by atoms with Gasteiger partial charge in [0, 0.05) is 6.54 Å². The van der Waals surface area contributed by atoms with Gasteiger partial charge < -0.3 is 10.2 Å². The molecule has 1 aromatic rings. The van der Waals surface area contributed by atoms with Gasteiger partial charge in [-0.25, -0.2) is 8.78 Å². The van der Waals surface area contributed by atoms with E-state index in [1.165, 1.54) is 0 Å². The monoisotopic (exact) mass is 322 g/mol. The van der Waals surface area contributed by atoms with Crippen LogP contribution in [0.2, 0.25) is 0 Å². The van der Waals surface area contributed by atoms with E-state index in [-0.39, 0.29) is 9.63 Å². The highest BCUT2D eigenvalue weighted by molar-refractivity contribution is 9.10. The van der Waals surface area contributed by atoms with E-state index in [2.05, 4.69) is 27.8 Å². The molecular formula is C11H10BrClF2N2. The van der Waals surface area contributed by atoms with E-state index < -0.39 is 11.6 Å². The van der Waals surface area contributed by atoms with Crippen LogP contribution in [-0.4, -0.2) is 13.2 Å². The van der Waals surface area contributed by atoms with Gasteiger partial charge in [0.25, 0.3) is 0 Å². The molecule has 0 bridgehead atoms. The fourth-order valence-electron chi connectivity index (χ4n) is 1.87. The second kappa shape index (κ2) is 4.82. The van der Waals surface area contributed by atoms with Crippen molar-refractivity contribution in [1.82, 2.24) is 5.32 Å². The molecule has 1 aromatic carbocycles. The van der Waals surface area contributed by atoms with Gasteiger partial charge in [-0.3, -0.25) is 0 Å². The minimum Gasteiger partial charge on any atom is -0.359 e. The van der Waals surface area contributed by atoms with Gasteiger partial charge in [-0.15, -0.1) is 0 Å². The number of fused-ring (bicyclic) bond motifs is 1. The minimum atomic E-state index is -0.861. The van der Waals surface area contributed by atoms with E-state index in [0.717, 1.165) is 5.56 Å². The predicted molar refractivity (Wildman–Crippen MR) is 68.1 cm³/mol. The molecule has 2 nitrogen and oxygen atoms in total. The molecule has 0 atom stereocenters. The molecule has 1 aliphatic heterocycles. The van der Waals surface area contributed by atoms with Crippen LogP contribution in [-0.2, 0) is 6.42 Å². The van der Waals surface area contributed by atoms with Crippen LogP contribution in [0.1, 0.15) is 5.56 Å². The highest BCUT2D eigenvalue weighted by Crippen LogP contribution is 2.35. The number of anilines is 1. The van der Waals surface area contributed by atoms with Crippen molar-refractivity contribution in [2.24, 2.45) is 0 Å². The average molecular weight is 324 g/mol. The van der Waals surface area contributed by atoms with Crippen molar-refractivity contribution in [2.45, 2.75) is 6.42 Å². The van der Waals surface area contributed by atoms with Crippen LogP contribution in [0.3, 0.4) is 0 Å². The molecule has 0 saturated carbocycles. The van der Waals surface area contributed by atoms with E-state index in [4.69, 9.17) is 11.6 Å². The summed E-state index contributed by atoms with van der Waals surface area (Å²) in [5.41, 5.74) is 1.09. The Morgan fingerprint density at radius 2 is 2.24 bits per heavy atom. The van der Waals surface area contributed by atoms with Crippen LogP contribution in [0.5, 0.6) is 0 Å². The Balaban J connectivity index is 2.31. The summed E-state index contributed by atoms with van der Waals surface area (Å²) in [7, 11) is 0. The lowest BCUT2D eigenvalue weighted by Crippen LogP contribution is -2.31. The molecule has 0 saturated heterocycles. The van der Waals surface area contributed by atoms with Crippen molar-refractivity contribution in [1.29, 1.82) is 0 Å². The number of nitrogens with one attached hydrogen (secondary N) is 1. The minimum absolute atomic E-state index is 0.158. The zero-order valence-corrected chi connectivity index (χ0v) is 11.2. The lowest BCUT2D eigenvalue weighted by molar-refractivity contribution is 0.503. The van der Waals surface area contributed by atoms with Gasteiger partial charge in [0.2, 0.25) is 0 Å². The summed E-state index contributed by atoms with van der Waals surface area (Å²) in [6.45, 7) is 4.42. The normalized spacial score (nSPS) is 13.8. The molecule has 1 N–H and O–H groups in total. The molecular weight excluding hydrogens is 313 g/mol. The summed E-state index contributed by atoms with van der Waals surface area (Å²) in [5, 5.41) is 3.06. The Morgan fingerprint density at radius 1 is 1.53 bits per heavy atom. The number of benzene rings is 1. The summed E-state index contributed by atoms with van der Waals surface area (Å²) in [6.07, 6.45) is 0.682. The van der Waals surface area contributed by atoms with Crippen LogP contribution < -0.4 is 10.2 Å². The SMILES string of the molecule is C=C(Cl)NCN1CCc2cc(Br)c(F)c(F)c21. The van der Waals surface area contributed by atoms with Gasteiger partial charge in [0.15, 0.2) is 11.6 Å². The highest BCUT2D eigenvalue weighted by atomic mass is 79.9. The second-order valence-electron chi connectivity index (χ2n) is 3.75. The maximum Gasteiger partial charge on any atom is 0.183 e. The Bertz CT molecular complexity index is 479. The van der Waals surface area contributed by atoms with Crippen molar-refractivity contribution >= 4 is 33.2 Å². The predicted octanol–water partition coefficient (Wildman–Crippen LogP) is 3.35. The van der Waals surface area contributed by atoms with Gasteiger partial charge >= 0.3 is 0 Å². The van der Waals surface area contributed by atoms with E-state index in [1.54, 1.807) is 11.0 Å². The topological polar surface area (TPSA) is 15.3 Å². The van der Waals surface area contributed by atoms with E-state index in [1.807, 2.05) is 0 Å². The summed E-state index contributed by atoms with van der Waals surface area (Å²) in [4.78, 5) is 1.70. The Kier molecular flexibility index (Phi) is 3.58. The number of halogens is 4. The van der Waals surface area contributed by atoms with Crippen molar-refractivity contribution in [2.75, 3.05) is 18.1 Å². The molecule has 17 heavy (non-hydrogen) atoms. The number of rotatable bonds is 3. The number of hydrogen-bond acceptors (Lipinski definition) is 2. The van der Waals surface area contributed by atoms with Crippen molar-refractivity contribution < 1.29 is 8.78 Å². The van der Waals surface area contributed by atoms with E-state index in [9.17, 15) is 8.78 Å². The van der Waals surface area contributed by atoms with Crippen LogP contribution in [0.15, 0.2) is 22.3 Å². The molecule has 0 radical (unpaired) electrons. The highest BCUT2D eigenvalue weighted by Gasteiger charge is 2.26. The third kappa shape index (κ3) is 2.40. The summed E-state index contributed by atoms with van der Waals surface area (Å²) in [6, 6.07) is 1.61. The van der Waals surface area contributed by atoms with Gasteiger partial charge in [-0.2, -0.15) is 0 Å². The fraction of sp³-hybridized carbons (Fsp3) is 0.273. The molecule has 0 unspecified atom stereocenters. The molecule has 1 aliphatic rings. The van der Waals surface area contributed by atoms with Crippen molar-refractivity contribution in [3.63, 3.8) is 0 Å². The summed E-state index contributed by atoms with van der Waals surface area (Å²) >= 11 is 8.57. The van der Waals surface area contributed by atoms with Crippen LogP contribution in [0.4, 0.5) is 14.5 Å². The molecule has 6 heteroatoms. The molecule has 1 heterocycles. The van der Waals surface area contributed by atoms with Crippen LogP contribution in [0, 0.1) is 11.6 Å². The first kappa shape index (κ1) is 12.6. The van der Waals surface area contributed by atoms with Crippen LogP contribution in [0.25, 0.3) is 0 Å². The zero-order valence-electron chi connectivity index (χ0n) is 8.86. The van der Waals surface area contributed by atoms with Gasteiger partial charge in [-0.1, -0.05) is 18.2 Å². The Morgan fingerprint density at radius 3 is 2.88 bits per heavy atom. The Labute approximate surface area is 111 Å². The first-order chi connectivity index (χ1) is 8.00. The molecule has 0 aliphatic carbocycles. The molecule has 0 amide bonds. The zero-order chi connectivity index (χ0) is 12.6. The van der Waals surface area contributed by atoms with E-state index in [0.29, 0.717) is 25.3 Å². The van der Waals surface area contributed by atoms with Crippen LogP contribution >= 0.6 is 27.5 Å². The third-order valence-electron chi connectivity index (χ3n) is 2.64. The van der Waals surface area contributed by atoms with Gasteiger partial charge in [0.05, 0.1) is 22.0 Å². The summed E-state index contributed by atoms with van der Waals surface area (Å²) in [5.74, 6) is -1.69. The largest absolute Gasteiger partial charge is 0.359 e. The first-order valence-electron chi connectivity index (χ1n) is 5.00. The Hall–Kier alpha value is -0.810. The molecule has 0 fully saturated rings.